The molecule has 0 aliphatic carbocycles. The fraction of sp³-hybridized carbons (Fsp3) is 0.227. The van der Waals surface area contributed by atoms with Gasteiger partial charge in [-0.1, -0.05) is 45.7 Å². The van der Waals surface area contributed by atoms with E-state index in [0.29, 0.717) is 30.7 Å². The minimum atomic E-state index is 0.479. The second kappa shape index (κ2) is 11.1. The highest BCUT2D eigenvalue weighted by atomic mass is 79.9. The maximum absolute atomic E-state index is 6.04. The normalized spacial score (nSPS) is 10.6. The lowest BCUT2D eigenvalue weighted by molar-refractivity contribution is 0.294. The zero-order valence-corrected chi connectivity index (χ0v) is 17.7. The molecule has 0 atom stereocenters. The Hall–Kier alpha value is -2.08. The summed E-state index contributed by atoms with van der Waals surface area (Å²) in [5, 5.41) is 4.16. The second-order valence-corrected chi connectivity index (χ2v) is 7.57. The smallest absolute Gasteiger partial charge is 0.213 e. The van der Waals surface area contributed by atoms with Crippen LogP contribution in [-0.4, -0.2) is 18.1 Å². The molecule has 0 spiro atoms. The van der Waals surface area contributed by atoms with Crippen LogP contribution < -0.4 is 14.8 Å². The Morgan fingerprint density at radius 3 is 2.75 bits per heavy atom. The first-order chi connectivity index (χ1) is 13.7. The molecule has 146 valence electrons. The first kappa shape index (κ1) is 20.6. The van der Waals surface area contributed by atoms with Crippen LogP contribution in [-0.2, 0) is 13.2 Å². The summed E-state index contributed by atoms with van der Waals surface area (Å²) in [6.07, 6.45) is 2.62. The van der Waals surface area contributed by atoms with E-state index >= 15 is 0 Å². The van der Waals surface area contributed by atoms with Crippen molar-refractivity contribution in [3.8, 4) is 11.6 Å². The van der Waals surface area contributed by atoms with Crippen LogP contribution in [0, 0.1) is 0 Å². The molecule has 0 fully saturated rings. The number of hydrogen-bond donors (Lipinski definition) is 1. The summed E-state index contributed by atoms with van der Waals surface area (Å²) in [7, 11) is 0. The van der Waals surface area contributed by atoms with Crippen molar-refractivity contribution in [1.29, 1.82) is 0 Å². The Kier molecular flexibility index (Phi) is 8.15. The summed E-state index contributed by atoms with van der Waals surface area (Å²) in [6.45, 7) is 2.66. The van der Waals surface area contributed by atoms with Crippen molar-refractivity contribution >= 4 is 27.5 Å². The molecule has 1 N–H and O–H groups in total. The highest BCUT2D eigenvalue weighted by molar-refractivity contribution is 9.10. The number of halogens is 2. The average Bonchev–Trinajstić information content (AvgIpc) is 2.71. The van der Waals surface area contributed by atoms with Crippen LogP contribution in [0.1, 0.15) is 17.5 Å². The van der Waals surface area contributed by atoms with E-state index in [4.69, 9.17) is 21.1 Å². The molecule has 0 saturated carbocycles. The molecule has 0 radical (unpaired) electrons. The van der Waals surface area contributed by atoms with Gasteiger partial charge in [-0.2, -0.15) is 0 Å². The van der Waals surface area contributed by atoms with E-state index in [0.717, 1.165) is 34.3 Å². The molecule has 0 saturated heterocycles. The van der Waals surface area contributed by atoms with E-state index in [2.05, 4.69) is 32.3 Å². The van der Waals surface area contributed by atoms with Gasteiger partial charge in [-0.3, -0.25) is 0 Å². The van der Waals surface area contributed by atoms with Crippen LogP contribution in [0.4, 0.5) is 0 Å². The predicted molar refractivity (Wildman–Crippen MR) is 116 cm³/mol. The summed E-state index contributed by atoms with van der Waals surface area (Å²) in [4.78, 5) is 4.14. The highest BCUT2D eigenvalue weighted by Gasteiger charge is 2.06. The van der Waals surface area contributed by atoms with Crippen LogP contribution in [0.3, 0.4) is 0 Å². The van der Waals surface area contributed by atoms with Crippen molar-refractivity contribution in [2.75, 3.05) is 13.2 Å². The van der Waals surface area contributed by atoms with E-state index < -0.39 is 0 Å². The fourth-order valence-corrected chi connectivity index (χ4v) is 3.27. The molecule has 0 aliphatic heterocycles. The van der Waals surface area contributed by atoms with E-state index in [9.17, 15) is 0 Å². The molecule has 0 unspecified atom stereocenters. The molecule has 0 bridgehead atoms. The van der Waals surface area contributed by atoms with E-state index in [-0.39, 0.29) is 0 Å². The van der Waals surface area contributed by atoms with Gasteiger partial charge in [-0.05, 0) is 54.9 Å². The first-order valence-electron chi connectivity index (χ1n) is 9.11. The lowest BCUT2D eigenvalue weighted by Gasteiger charge is -2.13. The molecule has 6 heteroatoms. The lowest BCUT2D eigenvalue weighted by Crippen LogP contribution is -2.17. The minimum absolute atomic E-state index is 0.479. The van der Waals surface area contributed by atoms with Gasteiger partial charge >= 0.3 is 0 Å². The van der Waals surface area contributed by atoms with Crippen molar-refractivity contribution < 1.29 is 9.47 Å². The largest absolute Gasteiger partial charge is 0.489 e. The van der Waals surface area contributed by atoms with Crippen molar-refractivity contribution in [2.24, 2.45) is 0 Å². The monoisotopic (exact) mass is 460 g/mol. The third-order valence-electron chi connectivity index (χ3n) is 4.01. The number of rotatable bonds is 10. The van der Waals surface area contributed by atoms with E-state index in [1.54, 1.807) is 6.20 Å². The zero-order chi connectivity index (χ0) is 19.6. The van der Waals surface area contributed by atoms with Gasteiger partial charge in [0.15, 0.2) is 0 Å². The first-order valence-corrected chi connectivity index (χ1v) is 10.3. The van der Waals surface area contributed by atoms with Gasteiger partial charge in [-0.25, -0.2) is 4.98 Å². The van der Waals surface area contributed by atoms with Gasteiger partial charge in [0.2, 0.25) is 5.88 Å². The third-order valence-corrected chi connectivity index (χ3v) is 4.74. The lowest BCUT2D eigenvalue weighted by atomic mass is 10.2. The molecular weight excluding hydrogens is 440 g/mol. The van der Waals surface area contributed by atoms with E-state index in [1.807, 2.05) is 54.6 Å². The molecule has 4 nitrogen and oxygen atoms in total. The summed E-state index contributed by atoms with van der Waals surface area (Å²) in [5.41, 5.74) is 2.14. The summed E-state index contributed by atoms with van der Waals surface area (Å²) in [5.74, 6) is 1.52. The Labute approximate surface area is 179 Å². The Balaban J connectivity index is 1.45. The van der Waals surface area contributed by atoms with Gasteiger partial charge in [0.1, 0.15) is 12.4 Å². The minimum Gasteiger partial charge on any atom is -0.489 e. The molecule has 28 heavy (non-hydrogen) atoms. The van der Waals surface area contributed by atoms with Crippen LogP contribution in [0.5, 0.6) is 11.6 Å². The van der Waals surface area contributed by atoms with E-state index in [1.165, 1.54) is 0 Å². The fourth-order valence-electron chi connectivity index (χ4n) is 2.64. The number of nitrogens with zero attached hydrogens (tertiary/aromatic N) is 1. The van der Waals surface area contributed by atoms with Crippen molar-refractivity contribution in [3.05, 3.63) is 87.5 Å². The standard InChI is InChI=1S/C22H22BrClN2O2/c23-19-8-9-21(28-16-17-5-3-6-20(24)13-17)18(14-19)15-25-10-4-12-27-22-7-1-2-11-26-22/h1-3,5-9,11,13-14,25H,4,10,12,15-16H2. The molecule has 3 rings (SSSR count). The number of aromatic nitrogens is 1. The predicted octanol–water partition coefficient (Wildman–Crippen LogP) is 5.64. The van der Waals surface area contributed by atoms with Gasteiger partial charge in [0, 0.05) is 33.9 Å². The summed E-state index contributed by atoms with van der Waals surface area (Å²) >= 11 is 9.58. The van der Waals surface area contributed by atoms with Crippen molar-refractivity contribution in [1.82, 2.24) is 10.3 Å². The van der Waals surface area contributed by atoms with Gasteiger partial charge < -0.3 is 14.8 Å². The van der Waals surface area contributed by atoms with Crippen molar-refractivity contribution in [3.63, 3.8) is 0 Å². The van der Waals surface area contributed by atoms with Gasteiger partial charge in [-0.15, -0.1) is 0 Å². The number of nitrogens with one attached hydrogen (secondary N) is 1. The highest BCUT2D eigenvalue weighted by Crippen LogP contribution is 2.24. The van der Waals surface area contributed by atoms with Crippen LogP contribution >= 0.6 is 27.5 Å². The zero-order valence-electron chi connectivity index (χ0n) is 15.4. The van der Waals surface area contributed by atoms with Crippen LogP contribution in [0.25, 0.3) is 0 Å². The maximum Gasteiger partial charge on any atom is 0.213 e. The van der Waals surface area contributed by atoms with Gasteiger partial charge in [0.05, 0.1) is 6.61 Å². The SMILES string of the molecule is Clc1cccc(COc2ccc(Br)cc2CNCCCOc2ccccn2)c1. The second-order valence-electron chi connectivity index (χ2n) is 6.22. The summed E-state index contributed by atoms with van der Waals surface area (Å²) < 4.78 is 12.6. The van der Waals surface area contributed by atoms with Crippen LogP contribution in [0.15, 0.2) is 71.3 Å². The summed E-state index contributed by atoms with van der Waals surface area (Å²) in [6, 6.07) is 19.4. The quantitative estimate of drug-likeness (QED) is 0.397. The molecular formula is C22H22BrClN2O2. The Morgan fingerprint density at radius 1 is 1.00 bits per heavy atom. The number of hydrogen-bond acceptors (Lipinski definition) is 4. The molecule has 3 aromatic rings. The van der Waals surface area contributed by atoms with Gasteiger partial charge in [0.25, 0.3) is 0 Å². The third kappa shape index (κ3) is 6.82. The molecule has 1 heterocycles. The number of pyridine rings is 1. The maximum atomic E-state index is 6.04. The molecule has 0 amide bonds. The topological polar surface area (TPSA) is 43.4 Å². The number of ether oxygens (including phenoxy) is 2. The Bertz CT molecular complexity index is 877. The molecule has 2 aromatic carbocycles. The molecule has 1 aromatic heterocycles. The Morgan fingerprint density at radius 2 is 1.93 bits per heavy atom. The van der Waals surface area contributed by atoms with Crippen molar-refractivity contribution in [2.45, 2.75) is 19.6 Å². The average molecular weight is 462 g/mol. The molecule has 0 aliphatic rings. The number of benzene rings is 2. The van der Waals surface area contributed by atoms with Crippen LogP contribution in [0.2, 0.25) is 5.02 Å².